The first kappa shape index (κ1) is 29.8. The molecule has 0 radical (unpaired) electrons. The number of hydrogen-bond acceptors (Lipinski definition) is 5. The molecule has 0 spiro atoms. The van der Waals surface area contributed by atoms with Gasteiger partial charge in [-0.15, -0.1) is 13.2 Å². The SMILES string of the molecule is Cn1c(-c2ccc(P(C)(C)=O)cc2OC(F)(F)F)nc(-c2cccc3nn(C4CC(CO)(c5ccccc5)C4)cc23)c1C1CC1. The first-order valence-corrected chi connectivity index (χ1v) is 17.6. The van der Waals surface area contributed by atoms with E-state index in [1.807, 2.05) is 58.9 Å². The number of aromatic nitrogens is 4. The molecule has 0 saturated heterocycles. The van der Waals surface area contributed by atoms with Gasteiger partial charge < -0.3 is 19.0 Å². The topological polar surface area (TPSA) is 82.2 Å². The van der Waals surface area contributed by atoms with Crippen molar-refractivity contribution in [1.82, 2.24) is 19.3 Å². The Morgan fingerprint density at radius 2 is 1.76 bits per heavy atom. The number of alkyl halides is 3. The van der Waals surface area contributed by atoms with Gasteiger partial charge in [0, 0.05) is 46.5 Å². The number of hydrogen-bond donors (Lipinski definition) is 1. The molecule has 45 heavy (non-hydrogen) atoms. The lowest BCUT2D eigenvalue weighted by Crippen LogP contribution is -2.45. The Labute approximate surface area is 259 Å². The molecule has 0 bridgehead atoms. The van der Waals surface area contributed by atoms with E-state index in [1.54, 1.807) is 6.07 Å². The van der Waals surface area contributed by atoms with E-state index in [0.717, 1.165) is 53.4 Å². The highest BCUT2D eigenvalue weighted by Crippen LogP contribution is 2.51. The number of imidazole rings is 1. The van der Waals surface area contributed by atoms with Gasteiger partial charge in [-0.2, -0.15) is 5.10 Å². The van der Waals surface area contributed by atoms with Gasteiger partial charge in [0.25, 0.3) is 0 Å². The van der Waals surface area contributed by atoms with E-state index in [1.165, 1.54) is 25.5 Å². The third-order valence-electron chi connectivity index (χ3n) is 9.30. The highest BCUT2D eigenvalue weighted by atomic mass is 31.2. The van der Waals surface area contributed by atoms with Crippen molar-refractivity contribution in [1.29, 1.82) is 0 Å². The van der Waals surface area contributed by atoms with Crippen molar-refractivity contribution in [2.24, 2.45) is 7.05 Å². The molecule has 5 aromatic rings. The fraction of sp³-hybridized carbons (Fsp3) is 0.353. The summed E-state index contributed by atoms with van der Waals surface area (Å²) in [6.45, 7) is 3.09. The predicted octanol–water partition coefficient (Wildman–Crippen LogP) is 7.39. The van der Waals surface area contributed by atoms with Crippen LogP contribution in [0.2, 0.25) is 0 Å². The molecule has 2 aliphatic carbocycles. The fourth-order valence-electron chi connectivity index (χ4n) is 6.75. The molecule has 2 aromatic heterocycles. The minimum atomic E-state index is -4.93. The predicted molar refractivity (Wildman–Crippen MR) is 169 cm³/mol. The van der Waals surface area contributed by atoms with E-state index in [-0.39, 0.29) is 29.5 Å². The zero-order valence-electron chi connectivity index (χ0n) is 25.3. The lowest BCUT2D eigenvalue weighted by Gasteiger charge is -2.47. The number of nitrogens with zero attached hydrogens (tertiary/aromatic N) is 4. The van der Waals surface area contributed by atoms with Crippen LogP contribution in [-0.4, -0.2) is 50.7 Å². The zero-order valence-corrected chi connectivity index (χ0v) is 26.1. The van der Waals surface area contributed by atoms with Crippen molar-refractivity contribution in [3.05, 3.63) is 84.2 Å². The lowest BCUT2D eigenvalue weighted by molar-refractivity contribution is -0.274. The van der Waals surface area contributed by atoms with Crippen LogP contribution in [0.15, 0.2) is 72.9 Å². The van der Waals surface area contributed by atoms with Gasteiger partial charge >= 0.3 is 6.36 Å². The highest BCUT2D eigenvalue weighted by molar-refractivity contribution is 7.70. The summed E-state index contributed by atoms with van der Waals surface area (Å²) in [5.74, 6) is 0.156. The minimum absolute atomic E-state index is 0.0656. The Hall–Kier alpha value is -3.88. The highest BCUT2D eigenvalue weighted by Gasteiger charge is 2.46. The number of ether oxygens (including phenoxy) is 1. The summed E-state index contributed by atoms with van der Waals surface area (Å²) in [4.78, 5) is 4.98. The molecule has 0 amide bonds. The van der Waals surface area contributed by atoms with Crippen LogP contribution in [0.1, 0.15) is 48.9 Å². The number of halogens is 3. The Bertz CT molecular complexity index is 1950. The van der Waals surface area contributed by atoms with Crippen LogP contribution in [0.4, 0.5) is 13.2 Å². The molecule has 7 rings (SSSR count). The summed E-state index contributed by atoms with van der Waals surface area (Å²) < 4.78 is 61.7. The summed E-state index contributed by atoms with van der Waals surface area (Å²) in [5.41, 5.74) is 4.33. The molecular weight excluding hydrogens is 600 g/mol. The Morgan fingerprint density at radius 1 is 1.02 bits per heavy atom. The number of aliphatic hydroxyl groups excluding tert-OH is 1. The van der Waals surface area contributed by atoms with Gasteiger partial charge in [-0.25, -0.2) is 4.98 Å². The normalized spacial score (nSPS) is 20.4. The Balaban J connectivity index is 1.30. The number of aliphatic hydroxyl groups is 1. The lowest BCUT2D eigenvalue weighted by atomic mass is 9.62. The van der Waals surface area contributed by atoms with E-state index in [0.29, 0.717) is 16.8 Å². The van der Waals surface area contributed by atoms with Crippen LogP contribution in [0.5, 0.6) is 5.75 Å². The number of fused-ring (bicyclic) bond motifs is 1. The van der Waals surface area contributed by atoms with Gasteiger partial charge in [0.05, 0.1) is 29.4 Å². The van der Waals surface area contributed by atoms with Gasteiger partial charge in [0.1, 0.15) is 18.7 Å². The molecule has 234 valence electrons. The summed E-state index contributed by atoms with van der Waals surface area (Å²) in [7, 11) is -1.02. The number of benzene rings is 3. The van der Waals surface area contributed by atoms with Crippen LogP contribution in [0.25, 0.3) is 33.5 Å². The van der Waals surface area contributed by atoms with Gasteiger partial charge in [0.15, 0.2) is 0 Å². The van der Waals surface area contributed by atoms with Crippen LogP contribution in [0.3, 0.4) is 0 Å². The average molecular weight is 635 g/mol. The molecule has 2 aliphatic rings. The quantitative estimate of drug-likeness (QED) is 0.180. The van der Waals surface area contributed by atoms with Crippen molar-refractivity contribution >= 4 is 23.3 Å². The molecule has 0 atom stereocenters. The molecule has 0 aliphatic heterocycles. The summed E-state index contributed by atoms with van der Waals surface area (Å²) >= 11 is 0. The largest absolute Gasteiger partial charge is 0.573 e. The fourth-order valence-corrected chi connectivity index (χ4v) is 7.61. The molecule has 11 heteroatoms. The Morgan fingerprint density at radius 3 is 2.40 bits per heavy atom. The van der Waals surface area contributed by atoms with E-state index < -0.39 is 19.3 Å². The second kappa shape index (κ2) is 10.6. The maximum atomic E-state index is 13.6. The van der Waals surface area contributed by atoms with Gasteiger partial charge in [-0.05, 0) is 62.8 Å². The second-order valence-electron chi connectivity index (χ2n) is 12.8. The molecular formula is C34H34F3N4O3P. The van der Waals surface area contributed by atoms with E-state index in [4.69, 9.17) is 10.1 Å². The average Bonchev–Trinajstić information content (AvgIpc) is 3.61. The molecule has 2 fully saturated rings. The van der Waals surface area contributed by atoms with E-state index in [9.17, 15) is 22.8 Å². The van der Waals surface area contributed by atoms with E-state index in [2.05, 4.69) is 16.9 Å². The zero-order chi connectivity index (χ0) is 31.7. The summed E-state index contributed by atoms with van der Waals surface area (Å²) in [6.07, 6.45) is 0.551. The minimum Gasteiger partial charge on any atom is -0.405 e. The van der Waals surface area contributed by atoms with Gasteiger partial charge in [0.2, 0.25) is 0 Å². The third-order valence-corrected chi connectivity index (χ3v) is 10.8. The van der Waals surface area contributed by atoms with Crippen LogP contribution < -0.4 is 10.0 Å². The van der Waals surface area contributed by atoms with E-state index >= 15 is 0 Å². The molecule has 3 aromatic carbocycles. The van der Waals surface area contributed by atoms with Crippen molar-refractivity contribution in [2.45, 2.75) is 49.4 Å². The van der Waals surface area contributed by atoms with Crippen LogP contribution in [0, 0.1) is 0 Å². The van der Waals surface area contributed by atoms with Crippen molar-refractivity contribution in [3.63, 3.8) is 0 Å². The molecule has 2 saturated carbocycles. The summed E-state index contributed by atoms with van der Waals surface area (Å²) in [6, 6.07) is 20.4. The maximum absolute atomic E-state index is 13.6. The van der Waals surface area contributed by atoms with Gasteiger partial charge in [-0.3, -0.25) is 4.68 Å². The maximum Gasteiger partial charge on any atom is 0.573 e. The third kappa shape index (κ3) is 5.38. The second-order valence-corrected chi connectivity index (χ2v) is 16.0. The monoisotopic (exact) mass is 634 g/mol. The standard InChI is InChI=1S/C34H34F3N4O3P/c1-40-31(21-12-13-21)30(38-32(40)26-15-14-24(45(2,3)43)16-29(26)44-34(35,36)37)25-10-7-11-28-27(25)19-41(39-28)23-17-33(18-23,20-42)22-8-5-4-6-9-22/h4-11,14-16,19,21,23,42H,12-13,17-18,20H2,1-3H3. The first-order chi connectivity index (χ1) is 21.4. The van der Waals surface area contributed by atoms with Crippen LogP contribution >= 0.6 is 7.14 Å². The molecule has 1 N–H and O–H groups in total. The number of rotatable bonds is 8. The Kier molecular flexibility index (Phi) is 7.02. The van der Waals surface area contributed by atoms with Crippen LogP contribution in [-0.2, 0) is 17.0 Å². The molecule has 7 nitrogen and oxygen atoms in total. The first-order valence-electron chi connectivity index (χ1n) is 15.0. The van der Waals surface area contributed by atoms with Crippen molar-refractivity contribution in [2.75, 3.05) is 19.9 Å². The molecule has 0 unspecified atom stereocenters. The summed E-state index contributed by atoms with van der Waals surface area (Å²) in [5, 5.41) is 16.4. The van der Waals surface area contributed by atoms with Crippen molar-refractivity contribution < 1.29 is 27.6 Å². The van der Waals surface area contributed by atoms with Gasteiger partial charge in [-0.1, -0.05) is 48.5 Å². The van der Waals surface area contributed by atoms with Crippen molar-refractivity contribution in [3.8, 4) is 28.4 Å². The molecule has 2 heterocycles. The smallest absolute Gasteiger partial charge is 0.405 e.